The molecule has 1 aliphatic carbocycles. The van der Waals surface area contributed by atoms with Gasteiger partial charge in [-0.15, -0.1) is 0 Å². The molecule has 0 aromatic heterocycles. The quantitative estimate of drug-likeness (QED) is 0.820. The first kappa shape index (κ1) is 13.3. The summed E-state index contributed by atoms with van der Waals surface area (Å²) < 4.78 is 6.13. The molecule has 2 aliphatic rings. The van der Waals surface area contributed by atoms with Crippen LogP contribution in [0.5, 0.6) is 0 Å². The fourth-order valence-corrected chi connectivity index (χ4v) is 3.55. The van der Waals surface area contributed by atoms with Crippen LogP contribution >= 0.6 is 0 Å². The van der Waals surface area contributed by atoms with E-state index >= 15 is 0 Å². The zero-order valence-corrected chi connectivity index (χ0v) is 11.8. The zero-order valence-electron chi connectivity index (χ0n) is 11.8. The van der Waals surface area contributed by atoms with Gasteiger partial charge in [0, 0.05) is 25.7 Å². The lowest BCUT2D eigenvalue weighted by atomic mass is 9.78. The minimum absolute atomic E-state index is 0.0566. The molecule has 1 atom stereocenters. The lowest BCUT2D eigenvalue weighted by Crippen LogP contribution is -2.62. The lowest BCUT2D eigenvalue weighted by molar-refractivity contribution is -0.191. The van der Waals surface area contributed by atoms with E-state index in [9.17, 15) is 0 Å². The van der Waals surface area contributed by atoms with Gasteiger partial charge in [0.1, 0.15) is 0 Å². The average Bonchev–Trinajstić information content (AvgIpc) is 2.04. The fourth-order valence-electron chi connectivity index (χ4n) is 3.55. The van der Waals surface area contributed by atoms with Crippen LogP contribution in [0, 0.1) is 5.92 Å². The van der Waals surface area contributed by atoms with Crippen LogP contribution in [0.3, 0.4) is 0 Å². The van der Waals surface area contributed by atoms with E-state index in [4.69, 9.17) is 10.5 Å². The van der Waals surface area contributed by atoms with E-state index in [1.807, 2.05) is 0 Å². The Morgan fingerprint density at radius 3 is 2.06 bits per heavy atom. The van der Waals surface area contributed by atoms with E-state index in [0.29, 0.717) is 6.04 Å². The topological polar surface area (TPSA) is 38.5 Å². The Balaban J connectivity index is 2.07. The molecule has 0 aromatic rings. The van der Waals surface area contributed by atoms with Gasteiger partial charge in [-0.2, -0.15) is 0 Å². The van der Waals surface area contributed by atoms with Gasteiger partial charge in [-0.1, -0.05) is 6.42 Å². The lowest BCUT2D eigenvalue weighted by Gasteiger charge is -2.52. The van der Waals surface area contributed by atoms with E-state index in [0.717, 1.165) is 25.6 Å². The van der Waals surface area contributed by atoms with E-state index < -0.39 is 0 Å². The van der Waals surface area contributed by atoms with Crippen molar-refractivity contribution >= 4 is 0 Å². The third-order valence-electron chi connectivity index (χ3n) is 4.12. The molecule has 2 fully saturated rings. The van der Waals surface area contributed by atoms with Crippen molar-refractivity contribution < 1.29 is 4.74 Å². The Kier molecular flexibility index (Phi) is 3.54. The van der Waals surface area contributed by atoms with Crippen molar-refractivity contribution in [3.8, 4) is 0 Å². The van der Waals surface area contributed by atoms with Crippen LogP contribution in [0.2, 0.25) is 0 Å². The molecule has 1 saturated heterocycles. The molecule has 17 heavy (non-hydrogen) atoms. The first-order valence-electron chi connectivity index (χ1n) is 6.97. The minimum Gasteiger partial charge on any atom is -0.367 e. The van der Waals surface area contributed by atoms with Crippen molar-refractivity contribution in [1.82, 2.24) is 4.90 Å². The molecule has 0 spiro atoms. The molecule has 2 N–H and O–H groups in total. The van der Waals surface area contributed by atoms with Crippen molar-refractivity contribution in [2.45, 2.75) is 64.2 Å². The molecular weight excluding hydrogens is 212 g/mol. The van der Waals surface area contributed by atoms with Crippen molar-refractivity contribution in [2.24, 2.45) is 11.7 Å². The third-order valence-corrected chi connectivity index (χ3v) is 4.12. The summed E-state index contributed by atoms with van der Waals surface area (Å²) in [6.07, 6.45) is 4.11. The fraction of sp³-hybridized carbons (Fsp3) is 1.00. The monoisotopic (exact) mass is 240 g/mol. The number of hydrogen-bond donors (Lipinski definition) is 1. The molecule has 0 aromatic carbocycles. The first-order valence-corrected chi connectivity index (χ1v) is 6.97. The highest BCUT2D eigenvalue weighted by atomic mass is 16.5. The Morgan fingerprint density at radius 1 is 1.18 bits per heavy atom. The molecule has 1 saturated carbocycles. The Morgan fingerprint density at radius 2 is 1.71 bits per heavy atom. The van der Waals surface area contributed by atoms with Crippen molar-refractivity contribution in [3.63, 3.8) is 0 Å². The van der Waals surface area contributed by atoms with Gasteiger partial charge in [0.05, 0.1) is 11.2 Å². The van der Waals surface area contributed by atoms with Gasteiger partial charge in [0.2, 0.25) is 0 Å². The zero-order chi connectivity index (χ0) is 12.7. The summed E-state index contributed by atoms with van der Waals surface area (Å²) in [6.45, 7) is 11.6. The second-order valence-corrected chi connectivity index (χ2v) is 7.02. The summed E-state index contributed by atoms with van der Waals surface area (Å²) in [6, 6.07) is 0.561. The summed E-state index contributed by atoms with van der Waals surface area (Å²) in [5, 5.41) is 0. The Bertz CT molecular complexity index is 255. The number of nitrogens with zero attached hydrogens (tertiary/aromatic N) is 1. The van der Waals surface area contributed by atoms with Gasteiger partial charge >= 0.3 is 0 Å². The summed E-state index contributed by atoms with van der Waals surface area (Å²) in [5.41, 5.74) is 5.90. The number of rotatable bonds is 3. The van der Waals surface area contributed by atoms with Crippen LogP contribution in [0.15, 0.2) is 0 Å². The largest absolute Gasteiger partial charge is 0.367 e. The van der Waals surface area contributed by atoms with Crippen LogP contribution in [0.4, 0.5) is 0 Å². The first-order chi connectivity index (χ1) is 7.83. The summed E-state index contributed by atoms with van der Waals surface area (Å²) >= 11 is 0. The van der Waals surface area contributed by atoms with Crippen molar-refractivity contribution in [3.05, 3.63) is 0 Å². The van der Waals surface area contributed by atoms with Gasteiger partial charge in [-0.05, 0) is 46.5 Å². The van der Waals surface area contributed by atoms with Crippen LogP contribution in [0.25, 0.3) is 0 Å². The molecule has 2 rings (SSSR count). The van der Waals surface area contributed by atoms with E-state index in [-0.39, 0.29) is 11.2 Å². The minimum atomic E-state index is -0.0566. The van der Waals surface area contributed by atoms with Crippen LogP contribution in [-0.4, -0.2) is 41.8 Å². The normalized spacial score (nSPS) is 30.9. The van der Waals surface area contributed by atoms with Gasteiger partial charge in [0.15, 0.2) is 0 Å². The Hall–Kier alpha value is -0.120. The molecule has 3 nitrogen and oxygen atoms in total. The molecule has 0 radical (unpaired) electrons. The molecular formula is C14H28N2O. The predicted octanol–water partition coefficient (Wildman–Crippen LogP) is 2.00. The number of ether oxygens (including phenoxy) is 1. The maximum atomic E-state index is 6.13. The standard InChI is InChI=1S/C14H28N2O/c1-13(2)9-16(10-14(3,4)17-13)12(8-15)11-6-5-7-11/h11-12H,5-10,15H2,1-4H3. The third kappa shape index (κ3) is 3.01. The smallest absolute Gasteiger partial charge is 0.0760 e. The maximum absolute atomic E-state index is 6.13. The summed E-state index contributed by atoms with van der Waals surface area (Å²) in [5.74, 6) is 0.824. The molecule has 3 heteroatoms. The van der Waals surface area contributed by atoms with Crippen molar-refractivity contribution in [1.29, 1.82) is 0 Å². The number of hydrogen-bond acceptors (Lipinski definition) is 3. The van der Waals surface area contributed by atoms with Gasteiger partial charge in [-0.3, -0.25) is 4.90 Å². The highest BCUT2D eigenvalue weighted by molar-refractivity contribution is 4.95. The Labute approximate surface area is 106 Å². The van der Waals surface area contributed by atoms with Gasteiger partial charge in [-0.25, -0.2) is 0 Å². The summed E-state index contributed by atoms with van der Waals surface area (Å²) in [7, 11) is 0. The van der Waals surface area contributed by atoms with Crippen molar-refractivity contribution in [2.75, 3.05) is 19.6 Å². The van der Waals surface area contributed by atoms with Crippen LogP contribution in [-0.2, 0) is 4.74 Å². The second-order valence-electron chi connectivity index (χ2n) is 7.02. The number of nitrogens with two attached hydrogens (primary N) is 1. The number of morpholine rings is 1. The van der Waals surface area contributed by atoms with E-state index in [1.54, 1.807) is 0 Å². The molecule has 1 aliphatic heterocycles. The van der Waals surface area contributed by atoms with Crippen LogP contribution < -0.4 is 5.73 Å². The molecule has 0 amide bonds. The molecule has 100 valence electrons. The molecule has 0 bridgehead atoms. The highest BCUT2D eigenvalue weighted by Gasteiger charge is 2.42. The van der Waals surface area contributed by atoms with Gasteiger partial charge < -0.3 is 10.5 Å². The predicted molar refractivity (Wildman–Crippen MR) is 71.0 cm³/mol. The average molecular weight is 240 g/mol. The highest BCUT2D eigenvalue weighted by Crippen LogP contribution is 2.36. The maximum Gasteiger partial charge on any atom is 0.0760 e. The van der Waals surface area contributed by atoms with E-state index in [2.05, 4.69) is 32.6 Å². The summed E-state index contributed by atoms with van der Waals surface area (Å²) in [4.78, 5) is 2.58. The second kappa shape index (κ2) is 4.52. The molecule has 1 heterocycles. The van der Waals surface area contributed by atoms with E-state index in [1.165, 1.54) is 19.3 Å². The van der Waals surface area contributed by atoms with Crippen LogP contribution in [0.1, 0.15) is 47.0 Å². The molecule has 1 unspecified atom stereocenters. The SMILES string of the molecule is CC1(C)CN(C(CN)C2CCC2)CC(C)(C)O1. The van der Waals surface area contributed by atoms with Gasteiger partial charge in [0.25, 0.3) is 0 Å².